The number of rotatable bonds is 6. The molecule has 0 spiro atoms. The Kier molecular flexibility index (Phi) is 5.89. The highest BCUT2D eigenvalue weighted by Gasteiger charge is 2.21. The van der Waals surface area contributed by atoms with Gasteiger partial charge in [0.15, 0.2) is 23.8 Å². The normalized spacial score (nSPS) is 13.3. The summed E-state index contributed by atoms with van der Waals surface area (Å²) in [7, 11) is 1.88. The number of anilines is 1. The Balaban J connectivity index is 1.67. The van der Waals surface area contributed by atoms with Gasteiger partial charge in [-0.25, -0.2) is 0 Å². The van der Waals surface area contributed by atoms with Gasteiger partial charge < -0.3 is 19.7 Å². The van der Waals surface area contributed by atoms with E-state index in [9.17, 15) is 9.59 Å². The Morgan fingerprint density at radius 1 is 1.15 bits per heavy atom. The topological polar surface area (TPSA) is 69.1 Å². The number of nitrogens with one attached hydrogen (secondary N) is 2. The fourth-order valence-corrected chi connectivity index (χ4v) is 3.33. The van der Waals surface area contributed by atoms with E-state index < -0.39 is 0 Å². The molecule has 0 bridgehead atoms. The van der Waals surface area contributed by atoms with Crippen molar-refractivity contribution in [3.8, 4) is 11.5 Å². The van der Waals surface area contributed by atoms with Crippen LogP contribution < -0.4 is 19.7 Å². The van der Waals surface area contributed by atoms with Crippen LogP contribution >= 0.6 is 23.2 Å². The Labute approximate surface area is 167 Å². The van der Waals surface area contributed by atoms with Crippen molar-refractivity contribution in [2.24, 2.45) is 0 Å². The molecular weight excluding hydrogens is 391 g/mol. The van der Waals surface area contributed by atoms with Crippen LogP contribution in [-0.4, -0.2) is 32.1 Å². The number of hydrogen-bond donors (Lipinski definition) is 2. The van der Waals surface area contributed by atoms with Crippen LogP contribution in [0.3, 0.4) is 0 Å². The molecule has 6 nitrogen and oxygen atoms in total. The third-order valence-electron chi connectivity index (χ3n) is 4.14. The number of ketones is 1. The van der Waals surface area contributed by atoms with Crippen molar-refractivity contribution in [2.45, 2.75) is 13.5 Å². The quantitative estimate of drug-likeness (QED) is 0.719. The van der Waals surface area contributed by atoms with Crippen molar-refractivity contribution in [2.75, 3.05) is 25.7 Å². The number of likely N-dealkylation sites (N-methyl/N-ethyl adjacent to an activating group) is 1. The second-order valence-corrected chi connectivity index (χ2v) is 7.25. The summed E-state index contributed by atoms with van der Waals surface area (Å²) < 4.78 is 10.6. The minimum Gasteiger partial charge on any atom is -0.454 e. The highest BCUT2D eigenvalue weighted by Crippen LogP contribution is 2.37. The molecule has 8 heteroatoms. The van der Waals surface area contributed by atoms with Crippen molar-refractivity contribution in [3.63, 3.8) is 0 Å². The van der Waals surface area contributed by atoms with Gasteiger partial charge in [-0.1, -0.05) is 29.3 Å². The first-order valence-corrected chi connectivity index (χ1v) is 9.08. The van der Waals surface area contributed by atoms with Crippen molar-refractivity contribution in [3.05, 3.63) is 51.5 Å². The number of amides is 1. The van der Waals surface area contributed by atoms with E-state index >= 15 is 0 Å². The molecule has 0 fully saturated rings. The molecule has 0 aromatic heterocycles. The molecule has 0 saturated carbocycles. The second-order valence-electron chi connectivity index (χ2n) is 6.40. The lowest BCUT2D eigenvalue weighted by Crippen LogP contribution is -3.08. The van der Waals surface area contributed by atoms with Crippen LogP contribution in [0.5, 0.6) is 11.5 Å². The van der Waals surface area contributed by atoms with Crippen LogP contribution in [-0.2, 0) is 11.3 Å². The van der Waals surface area contributed by atoms with Gasteiger partial charge in [-0.2, -0.15) is 0 Å². The maximum Gasteiger partial charge on any atom is 0.279 e. The highest BCUT2D eigenvalue weighted by atomic mass is 35.5. The van der Waals surface area contributed by atoms with Gasteiger partial charge in [-0.3, -0.25) is 9.59 Å². The summed E-state index contributed by atoms with van der Waals surface area (Å²) in [5.74, 6) is 0.610. The first-order chi connectivity index (χ1) is 12.8. The number of carbonyl (C=O) groups is 2. The maximum atomic E-state index is 12.5. The molecule has 27 heavy (non-hydrogen) atoms. The first-order valence-electron chi connectivity index (χ1n) is 8.33. The standard InChI is InChI=1S/C19H18Cl2N2O4/c1-11(24)14-6-17-18(27-10-26-17)7-16(14)22-19(25)9-23(2)8-12-3-4-13(20)5-15(12)21/h3-7H,8-10H2,1-2H3,(H,22,25)/p+1. The summed E-state index contributed by atoms with van der Waals surface area (Å²) in [6, 6.07) is 8.49. The van der Waals surface area contributed by atoms with Crippen molar-refractivity contribution in [1.82, 2.24) is 0 Å². The molecule has 1 heterocycles. The van der Waals surface area contributed by atoms with E-state index in [0.717, 1.165) is 10.5 Å². The monoisotopic (exact) mass is 409 g/mol. The predicted molar refractivity (Wildman–Crippen MR) is 103 cm³/mol. The summed E-state index contributed by atoms with van der Waals surface area (Å²) in [5.41, 5.74) is 1.69. The van der Waals surface area contributed by atoms with E-state index in [1.165, 1.54) is 6.92 Å². The molecule has 1 aliphatic rings. The zero-order valence-corrected chi connectivity index (χ0v) is 16.4. The van der Waals surface area contributed by atoms with Crippen LogP contribution in [0.4, 0.5) is 5.69 Å². The summed E-state index contributed by atoms with van der Waals surface area (Å²) >= 11 is 12.1. The van der Waals surface area contributed by atoms with Crippen LogP contribution in [0.2, 0.25) is 10.0 Å². The number of halogens is 2. The number of quaternary nitrogens is 1. The summed E-state index contributed by atoms with van der Waals surface area (Å²) in [4.78, 5) is 25.3. The number of carbonyl (C=O) groups excluding carboxylic acids is 2. The maximum absolute atomic E-state index is 12.5. The lowest BCUT2D eigenvalue weighted by molar-refractivity contribution is -0.885. The van der Waals surface area contributed by atoms with Gasteiger partial charge in [0.25, 0.3) is 5.91 Å². The van der Waals surface area contributed by atoms with Crippen LogP contribution in [0, 0.1) is 0 Å². The third-order valence-corrected chi connectivity index (χ3v) is 4.72. The first kappa shape index (κ1) is 19.5. The highest BCUT2D eigenvalue weighted by molar-refractivity contribution is 6.35. The Morgan fingerprint density at radius 3 is 2.52 bits per heavy atom. The molecule has 0 aliphatic carbocycles. The number of fused-ring (bicyclic) bond motifs is 1. The molecule has 0 saturated heterocycles. The van der Waals surface area contributed by atoms with E-state index in [-0.39, 0.29) is 25.0 Å². The smallest absolute Gasteiger partial charge is 0.279 e. The lowest BCUT2D eigenvalue weighted by atomic mass is 10.1. The number of ether oxygens (including phenoxy) is 2. The second kappa shape index (κ2) is 8.17. The van der Waals surface area contributed by atoms with E-state index in [4.69, 9.17) is 32.7 Å². The zero-order valence-electron chi connectivity index (χ0n) is 14.9. The van der Waals surface area contributed by atoms with Gasteiger partial charge in [-0.15, -0.1) is 0 Å². The summed E-state index contributed by atoms with van der Waals surface area (Å²) in [6.45, 7) is 2.29. The fourth-order valence-electron chi connectivity index (χ4n) is 2.86. The van der Waals surface area contributed by atoms with Crippen molar-refractivity contribution in [1.29, 1.82) is 0 Å². The number of hydrogen-bond acceptors (Lipinski definition) is 4. The van der Waals surface area contributed by atoms with Gasteiger partial charge >= 0.3 is 0 Å². The largest absolute Gasteiger partial charge is 0.454 e. The molecule has 3 rings (SSSR count). The molecule has 1 amide bonds. The van der Waals surface area contributed by atoms with Gasteiger partial charge in [0, 0.05) is 22.2 Å². The molecule has 2 aromatic rings. The van der Waals surface area contributed by atoms with Gasteiger partial charge in [-0.05, 0) is 25.1 Å². The molecule has 2 aromatic carbocycles. The lowest BCUT2D eigenvalue weighted by Gasteiger charge is -2.16. The fraction of sp³-hybridized carbons (Fsp3) is 0.263. The molecular formula is C19H19Cl2N2O4+. The molecule has 1 aliphatic heterocycles. The zero-order chi connectivity index (χ0) is 19.6. The van der Waals surface area contributed by atoms with Gasteiger partial charge in [0.2, 0.25) is 6.79 Å². The van der Waals surface area contributed by atoms with Gasteiger partial charge in [0.05, 0.1) is 17.8 Å². The minimum atomic E-state index is -0.223. The van der Waals surface area contributed by atoms with E-state index in [2.05, 4.69) is 5.32 Å². The molecule has 1 unspecified atom stereocenters. The van der Waals surface area contributed by atoms with Crippen LogP contribution in [0.25, 0.3) is 0 Å². The molecule has 2 N–H and O–H groups in total. The minimum absolute atomic E-state index is 0.0960. The van der Waals surface area contributed by atoms with Crippen LogP contribution in [0.1, 0.15) is 22.8 Å². The molecule has 0 radical (unpaired) electrons. The Bertz CT molecular complexity index is 902. The Morgan fingerprint density at radius 2 is 1.85 bits per heavy atom. The summed E-state index contributed by atoms with van der Waals surface area (Å²) in [5, 5.41) is 3.93. The number of benzene rings is 2. The molecule has 142 valence electrons. The van der Waals surface area contributed by atoms with Crippen LogP contribution in [0.15, 0.2) is 30.3 Å². The average Bonchev–Trinajstić information content (AvgIpc) is 3.03. The van der Waals surface area contributed by atoms with E-state index in [0.29, 0.717) is 39.3 Å². The third kappa shape index (κ3) is 4.71. The van der Waals surface area contributed by atoms with E-state index in [1.807, 2.05) is 13.1 Å². The van der Waals surface area contributed by atoms with Gasteiger partial charge in [0.1, 0.15) is 6.54 Å². The molecule has 1 atom stereocenters. The SMILES string of the molecule is CC(=O)c1cc2c(cc1NC(=O)C[NH+](C)Cc1ccc(Cl)cc1Cl)OCO2. The van der Waals surface area contributed by atoms with E-state index in [1.54, 1.807) is 24.3 Å². The predicted octanol–water partition coefficient (Wildman–Crippen LogP) is 2.58. The Hall–Kier alpha value is -2.28. The number of Topliss-reactive ketones (excluding diaryl/α,β-unsaturated/α-hetero) is 1. The summed E-state index contributed by atoms with van der Waals surface area (Å²) in [6.07, 6.45) is 0. The average molecular weight is 410 g/mol. The van der Waals surface area contributed by atoms with Crippen molar-refractivity contribution >= 4 is 40.6 Å². The van der Waals surface area contributed by atoms with Crippen molar-refractivity contribution < 1.29 is 24.0 Å².